The predicted molar refractivity (Wildman–Crippen MR) is 67.2 cm³/mol. The molecular weight excluding hydrogens is 216 g/mol. The maximum absolute atomic E-state index is 11.8. The molecule has 5 nitrogen and oxygen atoms in total. The van der Waals surface area contributed by atoms with Gasteiger partial charge in [0.05, 0.1) is 0 Å². The van der Waals surface area contributed by atoms with Gasteiger partial charge in [0, 0.05) is 22.7 Å². The van der Waals surface area contributed by atoms with Crippen LogP contribution in [0.15, 0.2) is 23.3 Å². The smallest absolute Gasteiger partial charge is 0.251 e. The van der Waals surface area contributed by atoms with Crippen LogP contribution in [0.2, 0.25) is 0 Å². The number of azide groups is 1. The third-order valence-electron chi connectivity index (χ3n) is 2.28. The van der Waals surface area contributed by atoms with Gasteiger partial charge in [-0.25, -0.2) is 0 Å². The van der Waals surface area contributed by atoms with E-state index in [0.717, 1.165) is 5.56 Å². The van der Waals surface area contributed by atoms with Crippen LogP contribution in [-0.2, 0) is 0 Å². The second-order valence-corrected chi connectivity index (χ2v) is 4.29. The topological polar surface area (TPSA) is 77.9 Å². The van der Waals surface area contributed by atoms with Crippen LogP contribution in [0.25, 0.3) is 10.4 Å². The predicted octanol–water partition coefficient (Wildman–Crippen LogP) is 3.32. The molecule has 0 aliphatic carbocycles. The molecule has 0 saturated heterocycles. The number of carbonyl (C=O) groups excluding carboxylic acids is 1. The van der Waals surface area contributed by atoms with Crippen LogP contribution in [0.4, 0.5) is 5.69 Å². The molecular formula is C12H16N4O. The van der Waals surface area contributed by atoms with Gasteiger partial charge in [-0.3, -0.25) is 4.79 Å². The van der Waals surface area contributed by atoms with E-state index < -0.39 is 0 Å². The van der Waals surface area contributed by atoms with Crippen molar-refractivity contribution in [2.75, 3.05) is 6.54 Å². The second-order valence-electron chi connectivity index (χ2n) is 4.29. The monoisotopic (exact) mass is 232 g/mol. The van der Waals surface area contributed by atoms with Crippen molar-refractivity contribution in [2.24, 2.45) is 11.0 Å². The molecule has 0 saturated carbocycles. The van der Waals surface area contributed by atoms with E-state index in [9.17, 15) is 4.79 Å². The summed E-state index contributed by atoms with van der Waals surface area (Å²) in [6.07, 6.45) is 0. The van der Waals surface area contributed by atoms with Crippen LogP contribution >= 0.6 is 0 Å². The molecule has 0 spiro atoms. The molecule has 0 bridgehead atoms. The van der Waals surface area contributed by atoms with Gasteiger partial charge in [-0.15, -0.1) is 0 Å². The van der Waals surface area contributed by atoms with E-state index in [1.807, 2.05) is 20.8 Å². The van der Waals surface area contributed by atoms with Crippen LogP contribution in [0.1, 0.15) is 29.8 Å². The summed E-state index contributed by atoms with van der Waals surface area (Å²) in [5.74, 6) is 0.316. The molecule has 0 heterocycles. The highest BCUT2D eigenvalue weighted by Gasteiger charge is 2.07. The van der Waals surface area contributed by atoms with E-state index in [2.05, 4.69) is 15.3 Å². The third kappa shape index (κ3) is 3.81. The molecule has 1 N–H and O–H groups in total. The van der Waals surface area contributed by atoms with Crippen LogP contribution < -0.4 is 5.32 Å². The minimum atomic E-state index is -0.103. The Kier molecular flexibility index (Phi) is 4.55. The second kappa shape index (κ2) is 5.92. The summed E-state index contributed by atoms with van der Waals surface area (Å²) in [7, 11) is 0. The van der Waals surface area contributed by atoms with E-state index in [-0.39, 0.29) is 5.91 Å². The zero-order chi connectivity index (χ0) is 12.8. The molecule has 0 aliphatic heterocycles. The number of nitrogens with zero attached hydrogens (tertiary/aromatic N) is 3. The summed E-state index contributed by atoms with van der Waals surface area (Å²) in [6, 6.07) is 5.03. The molecule has 0 radical (unpaired) electrons. The van der Waals surface area contributed by atoms with Gasteiger partial charge in [-0.1, -0.05) is 25.0 Å². The molecule has 1 rings (SSSR count). The van der Waals surface area contributed by atoms with E-state index >= 15 is 0 Å². The van der Waals surface area contributed by atoms with Gasteiger partial charge < -0.3 is 5.32 Å². The average Bonchev–Trinajstić information content (AvgIpc) is 2.28. The molecule has 0 aromatic heterocycles. The Labute approximate surface area is 100 Å². The van der Waals surface area contributed by atoms with Gasteiger partial charge in [0.1, 0.15) is 0 Å². The first-order valence-electron chi connectivity index (χ1n) is 5.48. The fraction of sp³-hybridized carbons (Fsp3) is 0.417. The Bertz CT molecular complexity index is 462. The lowest BCUT2D eigenvalue weighted by Gasteiger charge is -2.08. The minimum Gasteiger partial charge on any atom is -0.352 e. The van der Waals surface area contributed by atoms with Crippen LogP contribution in [0, 0.1) is 12.8 Å². The normalized spacial score (nSPS) is 9.88. The van der Waals surface area contributed by atoms with Gasteiger partial charge in [0.15, 0.2) is 0 Å². The number of aryl methyl sites for hydroxylation is 1. The van der Waals surface area contributed by atoms with Crippen molar-refractivity contribution < 1.29 is 4.79 Å². The lowest BCUT2D eigenvalue weighted by Crippen LogP contribution is -2.27. The van der Waals surface area contributed by atoms with Gasteiger partial charge in [-0.2, -0.15) is 0 Å². The number of hydrogen-bond acceptors (Lipinski definition) is 2. The first kappa shape index (κ1) is 13.1. The maximum atomic E-state index is 11.8. The maximum Gasteiger partial charge on any atom is 0.251 e. The highest BCUT2D eigenvalue weighted by Crippen LogP contribution is 2.19. The minimum absolute atomic E-state index is 0.103. The fourth-order valence-electron chi connectivity index (χ4n) is 1.36. The molecule has 1 aromatic rings. The number of nitrogens with one attached hydrogen (secondary N) is 1. The van der Waals surface area contributed by atoms with Gasteiger partial charge >= 0.3 is 0 Å². The quantitative estimate of drug-likeness (QED) is 0.482. The van der Waals surface area contributed by atoms with Gasteiger partial charge in [0.2, 0.25) is 0 Å². The zero-order valence-electron chi connectivity index (χ0n) is 10.3. The Morgan fingerprint density at radius 2 is 2.24 bits per heavy atom. The lowest BCUT2D eigenvalue weighted by molar-refractivity contribution is 0.0949. The average molecular weight is 232 g/mol. The molecule has 17 heavy (non-hydrogen) atoms. The Hall–Kier alpha value is -2.00. The molecule has 0 fully saturated rings. The van der Waals surface area contributed by atoms with E-state index in [1.165, 1.54) is 0 Å². The molecule has 0 aliphatic rings. The number of carbonyl (C=O) groups is 1. The summed E-state index contributed by atoms with van der Waals surface area (Å²) >= 11 is 0. The van der Waals surface area contributed by atoms with Crippen molar-refractivity contribution >= 4 is 11.6 Å². The molecule has 0 atom stereocenters. The number of rotatable bonds is 4. The SMILES string of the molecule is Cc1cc(C(=O)NCC(C)C)ccc1N=[N+]=[N-]. The molecule has 1 aromatic carbocycles. The van der Waals surface area contributed by atoms with Crippen molar-refractivity contribution in [3.63, 3.8) is 0 Å². The third-order valence-corrected chi connectivity index (χ3v) is 2.28. The highest BCUT2D eigenvalue weighted by molar-refractivity contribution is 5.94. The van der Waals surface area contributed by atoms with Crippen LogP contribution in [-0.4, -0.2) is 12.5 Å². The first-order chi connectivity index (χ1) is 8.04. The lowest BCUT2D eigenvalue weighted by atomic mass is 10.1. The Morgan fingerprint density at radius 1 is 1.53 bits per heavy atom. The number of amides is 1. The summed E-state index contributed by atoms with van der Waals surface area (Å²) in [5.41, 5.74) is 10.3. The number of benzene rings is 1. The Morgan fingerprint density at radius 3 is 2.76 bits per heavy atom. The summed E-state index contributed by atoms with van der Waals surface area (Å²) in [4.78, 5) is 14.5. The first-order valence-corrected chi connectivity index (χ1v) is 5.48. The van der Waals surface area contributed by atoms with Crippen LogP contribution in [0.5, 0.6) is 0 Å². The van der Waals surface area contributed by atoms with Crippen molar-refractivity contribution in [3.05, 3.63) is 39.8 Å². The molecule has 0 unspecified atom stereocenters. The van der Waals surface area contributed by atoms with Crippen molar-refractivity contribution in [3.8, 4) is 0 Å². The van der Waals surface area contributed by atoms with Gasteiger partial charge in [0.25, 0.3) is 5.91 Å². The summed E-state index contributed by atoms with van der Waals surface area (Å²) in [5, 5.41) is 6.36. The fourth-order valence-corrected chi connectivity index (χ4v) is 1.36. The molecule has 90 valence electrons. The van der Waals surface area contributed by atoms with E-state index in [0.29, 0.717) is 23.7 Å². The largest absolute Gasteiger partial charge is 0.352 e. The summed E-state index contributed by atoms with van der Waals surface area (Å²) in [6.45, 7) is 6.53. The molecule has 5 heteroatoms. The van der Waals surface area contributed by atoms with Crippen molar-refractivity contribution in [1.29, 1.82) is 0 Å². The highest BCUT2D eigenvalue weighted by atomic mass is 16.1. The zero-order valence-corrected chi connectivity index (χ0v) is 10.3. The van der Waals surface area contributed by atoms with Crippen molar-refractivity contribution in [2.45, 2.75) is 20.8 Å². The van der Waals surface area contributed by atoms with Crippen LogP contribution in [0.3, 0.4) is 0 Å². The van der Waals surface area contributed by atoms with Crippen molar-refractivity contribution in [1.82, 2.24) is 5.32 Å². The standard InChI is InChI=1S/C12H16N4O/c1-8(2)7-14-12(17)10-4-5-11(15-16-13)9(3)6-10/h4-6,8H,7H2,1-3H3,(H,14,17). The number of hydrogen-bond donors (Lipinski definition) is 1. The Balaban J connectivity index is 2.82. The van der Waals surface area contributed by atoms with E-state index in [4.69, 9.17) is 5.53 Å². The summed E-state index contributed by atoms with van der Waals surface area (Å²) < 4.78 is 0. The van der Waals surface area contributed by atoms with Gasteiger partial charge in [-0.05, 0) is 36.1 Å². The molecule has 1 amide bonds. The van der Waals surface area contributed by atoms with E-state index in [1.54, 1.807) is 18.2 Å².